The maximum Gasteiger partial charge on any atom is 0.161 e. The van der Waals surface area contributed by atoms with Crippen LogP contribution in [0.4, 0.5) is 0 Å². The normalized spacial score (nSPS) is 27.1. The van der Waals surface area contributed by atoms with Gasteiger partial charge in [-0.25, -0.2) is 0 Å². The molecule has 0 aliphatic heterocycles. The lowest BCUT2D eigenvalue weighted by Gasteiger charge is -2.09. The van der Waals surface area contributed by atoms with E-state index in [2.05, 4.69) is 0 Å². The summed E-state index contributed by atoms with van der Waals surface area (Å²) < 4.78 is 0. The highest BCUT2D eigenvalue weighted by atomic mass is 16.3. The molecule has 1 fully saturated rings. The topological polar surface area (TPSA) is 37.3 Å². The van der Waals surface area contributed by atoms with Crippen molar-refractivity contribution in [1.82, 2.24) is 0 Å². The van der Waals surface area contributed by atoms with Crippen LogP contribution >= 0.6 is 0 Å². The first kappa shape index (κ1) is 14.7. The lowest BCUT2D eigenvalue weighted by Crippen LogP contribution is -2.19. The molecule has 1 aliphatic rings. The van der Waals surface area contributed by atoms with Crippen molar-refractivity contribution in [2.75, 3.05) is 0 Å². The van der Waals surface area contributed by atoms with Crippen molar-refractivity contribution >= 4 is 5.78 Å². The Hall–Kier alpha value is -0.370. The summed E-state index contributed by atoms with van der Waals surface area (Å²) in [6.45, 7) is 0. The monoisotopic (exact) mass is 240 g/mol. The second kappa shape index (κ2) is 9.64. The van der Waals surface area contributed by atoms with Gasteiger partial charge in [0.25, 0.3) is 0 Å². The van der Waals surface area contributed by atoms with E-state index in [4.69, 9.17) is 0 Å². The molecule has 2 nitrogen and oxygen atoms in total. The molecule has 1 aliphatic carbocycles. The molecular formula is C15H28O2. The van der Waals surface area contributed by atoms with Gasteiger partial charge in [0.15, 0.2) is 5.78 Å². The van der Waals surface area contributed by atoms with E-state index in [1.165, 1.54) is 51.4 Å². The number of carbonyl (C=O) groups is 1. The number of aliphatic hydroxyl groups excluding tert-OH is 1. The van der Waals surface area contributed by atoms with Gasteiger partial charge in [0.2, 0.25) is 0 Å². The highest BCUT2D eigenvalue weighted by Gasteiger charge is 2.13. The van der Waals surface area contributed by atoms with E-state index in [0.29, 0.717) is 12.8 Å². The van der Waals surface area contributed by atoms with Crippen LogP contribution in [0.3, 0.4) is 0 Å². The van der Waals surface area contributed by atoms with Gasteiger partial charge in [-0.15, -0.1) is 0 Å². The fraction of sp³-hybridized carbons (Fsp3) is 0.933. The molecule has 1 N–H and O–H groups in total. The number of ketones is 1. The first-order valence-electron chi connectivity index (χ1n) is 7.51. The number of carbonyl (C=O) groups excluding carboxylic acids is 1. The zero-order chi connectivity index (χ0) is 12.3. The zero-order valence-electron chi connectivity index (χ0n) is 11.1. The molecule has 0 aromatic carbocycles. The molecule has 0 heterocycles. The van der Waals surface area contributed by atoms with E-state index < -0.39 is 6.10 Å². The van der Waals surface area contributed by atoms with Crippen LogP contribution < -0.4 is 0 Å². The lowest BCUT2D eigenvalue weighted by molar-refractivity contribution is -0.127. The zero-order valence-corrected chi connectivity index (χ0v) is 11.1. The summed E-state index contributed by atoms with van der Waals surface area (Å²) in [6, 6.07) is 0. The largest absolute Gasteiger partial charge is 0.385 e. The molecule has 0 amide bonds. The minimum Gasteiger partial charge on any atom is -0.385 e. The molecule has 100 valence electrons. The first-order valence-corrected chi connectivity index (χ1v) is 7.51. The molecule has 0 radical (unpaired) electrons. The van der Waals surface area contributed by atoms with Gasteiger partial charge < -0.3 is 5.11 Å². The van der Waals surface area contributed by atoms with Gasteiger partial charge in [-0.1, -0.05) is 64.2 Å². The third kappa shape index (κ3) is 7.54. The van der Waals surface area contributed by atoms with Crippen LogP contribution in [0.15, 0.2) is 0 Å². The van der Waals surface area contributed by atoms with Gasteiger partial charge >= 0.3 is 0 Å². The standard InChI is InChI=1S/C15H28O2/c16-14-12-10-8-6-4-2-1-3-5-7-9-11-13-15(14)17/h14,16H,1-13H2. The molecular weight excluding hydrogens is 212 g/mol. The maximum absolute atomic E-state index is 11.6. The van der Waals surface area contributed by atoms with Crippen LogP contribution in [0.2, 0.25) is 0 Å². The lowest BCUT2D eigenvalue weighted by atomic mass is 10.0. The molecule has 0 aromatic rings. The van der Waals surface area contributed by atoms with Crippen molar-refractivity contribution in [3.8, 4) is 0 Å². The third-order valence-corrected chi connectivity index (χ3v) is 3.77. The van der Waals surface area contributed by atoms with Crippen LogP contribution in [-0.4, -0.2) is 17.0 Å². The highest BCUT2D eigenvalue weighted by molar-refractivity contribution is 5.82. The summed E-state index contributed by atoms with van der Waals surface area (Å²) in [4.78, 5) is 11.6. The average molecular weight is 240 g/mol. The molecule has 0 spiro atoms. The van der Waals surface area contributed by atoms with E-state index in [-0.39, 0.29) is 5.78 Å². The van der Waals surface area contributed by atoms with Crippen LogP contribution in [-0.2, 0) is 4.79 Å². The minimum atomic E-state index is -0.680. The summed E-state index contributed by atoms with van der Waals surface area (Å²) in [5.74, 6) is 0.0693. The van der Waals surface area contributed by atoms with Crippen LogP contribution in [0.1, 0.15) is 83.5 Å². The Labute approximate surface area is 106 Å². The Balaban J connectivity index is 2.24. The van der Waals surface area contributed by atoms with Gasteiger partial charge in [-0.2, -0.15) is 0 Å². The Morgan fingerprint density at radius 3 is 1.65 bits per heavy atom. The number of rotatable bonds is 0. The summed E-state index contributed by atoms with van der Waals surface area (Å²) in [5, 5.41) is 9.69. The predicted molar refractivity (Wildman–Crippen MR) is 71.0 cm³/mol. The van der Waals surface area contributed by atoms with Gasteiger partial charge in [0.1, 0.15) is 6.10 Å². The van der Waals surface area contributed by atoms with E-state index in [0.717, 1.165) is 19.3 Å². The summed E-state index contributed by atoms with van der Waals surface area (Å²) in [5.41, 5.74) is 0. The van der Waals surface area contributed by atoms with E-state index in [1.54, 1.807) is 0 Å². The molecule has 1 unspecified atom stereocenters. The summed E-state index contributed by atoms with van der Waals surface area (Å²) >= 11 is 0. The quantitative estimate of drug-likeness (QED) is 0.695. The predicted octanol–water partition coefficient (Wildman–Crippen LogP) is 4.00. The van der Waals surface area contributed by atoms with E-state index in [9.17, 15) is 9.90 Å². The fourth-order valence-corrected chi connectivity index (χ4v) is 2.56. The Bertz CT molecular complexity index is 201. The molecule has 1 saturated carbocycles. The fourth-order valence-electron chi connectivity index (χ4n) is 2.56. The van der Waals surface area contributed by atoms with Crippen molar-refractivity contribution in [2.45, 2.75) is 89.6 Å². The van der Waals surface area contributed by atoms with Crippen molar-refractivity contribution < 1.29 is 9.90 Å². The Morgan fingerprint density at radius 1 is 0.706 bits per heavy atom. The average Bonchev–Trinajstić information content (AvgIpc) is 2.34. The number of hydrogen-bond acceptors (Lipinski definition) is 2. The van der Waals surface area contributed by atoms with Gasteiger partial charge in [0, 0.05) is 6.42 Å². The first-order chi connectivity index (χ1) is 8.30. The molecule has 17 heavy (non-hydrogen) atoms. The highest BCUT2D eigenvalue weighted by Crippen LogP contribution is 2.15. The SMILES string of the molecule is O=C1CCCCCCCCCCCCCC1O. The van der Waals surface area contributed by atoms with E-state index in [1.807, 2.05) is 0 Å². The second-order valence-electron chi connectivity index (χ2n) is 5.41. The smallest absolute Gasteiger partial charge is 0.161 e. The second-order valence-corrected chi connectivity index (χ2v) is 5.41. The Morgan fingerprint density at radius 2 is 1.12 bits per heavy atom. The van der Waals surface area contributed by atoms with Crippen molar-refractivity contribution in [1.29, 1.82) is 0 Å². The van der Waals surface area contributed by atoms with Crippen LogP contribution in [0.25, 0.3) is 0 Å². The van der Waals surface area contributed by atoms with Crippen LogP contribution in [0.5, 0.6) is 0 Å². The molecule has 1 rings (SSSR count). The van der Waals surface area contributed by atoms with Crippen molar-refractivity contribution in [3.05, 3.63) is 0 Å². The van der Waals surface area contributed by atoms with Crippen LogP contribution in [0, 0.1) is 0 Å². The maximum atomic E-state index is 11.6. The summed E-state index contributed by atoms with van der Waals surface area (Å²) in [6.07, 6.45) is 14.1. The molecule has 0 aromatic heterocycles. The number of hydrogen-bond donors (Lipinski definition) is 1. The Kier molecular flexibility index (Phi) is 8.33. The molecule has 1 atom stereocenters. The number of Topliss-reactive ketones (excluding diaryl/α,β-unsaturated/α-hetero) is 1. The van der Waals surface area contributed by atoms with Crippen molar-refractivity contribution in [2.24, 2.45) is 0 Å². The van der Waals surface area contributed by atoms with E-state index >= 15 is 0 Å². The van der Waals surface area contributed by atoms with Gasteiger partial charge in [-0.3, -0.25) is 4.79 Å². The van der Waals surface area contributed by atoms with Crippen molar-refractivity contribution in [3.63, 3.8) is 0 Å². The molecule has 2 heteroatoms. The summed E-state index contributed by atoms with van der Waals surface area (Å²) in [7, 11) is 0. The minimum absolute atomic E-state index is 0.0693. The third-order valence-electron chi connectivity index (χ3n) is 3.77. The molecule has 0 saturated heterocycles. The number of aliphatic hydroxyl groups is 1. The van der Waals surface area contributed by atoms with Gasteiger partial charge in [0.05, 0.1) is 0 Å². The van der Waals surface area contributed by atoms with Gasteiger partial charge in [-0.05, 0) is 12.8 Å². The molecule has 0 bridgehead atoms.